The van der Waals surface area contributed by atoms with Crippen LogP contribution in [0.3, 0.4) is 0 Å². The zero-order chi connectivity index (χ0) is 41.4. The molecule has 0 N–H and O–H groups in total. The topological polar surface area (TPSA) is 118 Å². The van der Waals surface area contributed by atoms with Gasteiger partial charge >= 0.3 is 0 Å². The third-order valence-corrected chi connectivity index (χ3v) is 11.7. The number of pyridine rings is 5. The Morgan fingerprint density at radius 2 is 0.667 bits per heavy atom. The minimum absolute atomic E-state index is 0.684. The van der Waals surface area contributed by atoms with Gasteiger partial charge in [-0.15, -0.1) is 0 Å². The van der Waals surface area contributed by atoms with Gasteiger partial charge < -0.3 is 0 Å². The van der Waals surface area contributed by atoms with Gasteiger partial charge in [-0.2, -0.15) is 0 Å². The molecular formula is C52H31N11. The molecule has 0 unspecified atom stereocenters. The zero-order valence-corrected chi connectivity index (χ0v) is 33.3. The molecule has 0 aliphatic carbocycles. The number of para-hydroxylation sites is 2. The lowest BCUT2D eigenvalue weighted by Gasteiger charge is -2.16. The lowest BCUT2D eigenvalue weighted by Crippen LogP contribution is -2.04. The van der Waals surface area contributed by atoms with Crippen molar-refractivity contribution in [3.63, 3.8) is 0 Å². The molecule has 0 atom stereocenters. The van der Waals surface area contributed by atoms with E-state index in [9.17, 15) is 0 Å². The minimum atomic E-state index is 0.684. The highest BCUT2D eigenvalue weighted by Gasteiger charge is 2.25. The summed E-state index contributed by atoms with van der Waals surface area (Å²) < 4.78 is 6.39. The van der Waals surface area contributed by atoms with Crippen molar-refractivity contribution in [2.45, 2.75) is 0 Å². The van der Waals surface area contributed by atoms with E-state index in [1.165, 1.54) is 0 Å². The number of hydrogen-bond acceptors (Lipinski definition) is 8. The Labute approximate surface area is 358 Å². The van der Waals surface area contributed by atoms with Gasteiger partial charge in [0.25, 0.3) is 0 Å². The molecule has 0 aliphatic heterocycles. The summed E-state index contributed by atoms with van der Waals surface area (Å²) in [7, 11) is 0. The van der Waals surface area contributed by atoms with E-state index in [0.29, 0.717) is 28.8 Å². The molecule has 0 fully saturated rings. The van der Waals surface area contributed by atoms with Gasteiger partial charge in [0.1, 0.15) is 34.0 Å². The molecule has 0 aliphatic rings. The third-order valence-electron chi connectivity index (χ3n) is 11.7. The Balaban J connectivity index is 1.16. The van der Waals surface area contributed by atoms with Crippen LogP contribution in [0.5, 0.6) is 0 Å². The Hall–Kier alpha value is -8.96. The summed E-state index contributed by atoms with van der Waals surface area (Å²) in [6.07, 6.45) is 9.07. The SMILES string of the molecule is c1ccc2c(-n3c(-c4cc(-c5nc6cccnc6n5-c5cccc6cccnc56)cc(-c5nc6cccnc6n5-c5cccc6cccnc56)c4)nc4cccnc43)cccc2c1. The van der Waals surface area contributed by atoms with Crippen LogP contribution in [-0.2, 0) is 0 Å². The van der Waals surface area contributed by atoms with E-state index in [0.717, 1.165) is 88.5 Å². The van der Waals surface area contributed by atoms with Gasteiger partial charge in [0.2, 0.25) is 0 Å². The maximum atomic E-state index is 5.37. The first kappa shape index (κ1) is 34.9. The fourth-order valence-corrected chi connectivity index (χ4v) is 8.96. The average Bonchev–Trinajstić information content (AvgIpc) is 4.06. The Morgan fingerprint density at radius 3 is 1.16 bits per heavy atom. The van der Waals surface area contributed by atoms with Gasteiger partial charge in [-0.05, 0) is 90.3 Å². The molecule has 0 spiro atoms. The Morgan fingerprint density at radius 1 is 0.302 bits per heavy atom. The van der Waals surface area contributed by atoms with E-state index in [4.69, 9.17) is 39.9 Å². The average molecular weight is 810 g/mol. The van der Waals surface area contributed by atoms with E-state index in [-0.39, 0.29) is 0 Å². The van der Waals surface area contributed by atoms with Crippen molar-refractivity contribution in [3.8, 4) is 51.2 Å². The van der Waals surface area contributed by atoms with Crippen LogP contribution in [0.15, 0.2) is 189 Å². The summed E-state index contributed by atoms with van der Waals surface area (Å²) in [6, 6.07) is 53.4. The van der Waals surface area contributed by atoms with Crippen molar-refractivity contribution in [2.24, 2.45) is 0 Å². The zero-order valence-electron chi connectivity index (χ0n) is 33.3. The lowest BCUT2D eigenvalue weighted by molar-refractivity contribution is 1.07. The van der Waals surface area contributed by atoms with Gasteiger partial charge in [0, 0.05) is 63.8 Å². The fraction of sp³-hybridized carbons (Fsp3) is 0. The summed E-state index contributed by atoms with van der Waals surface area (Å²) in [5.74, 6) is 2.08. The number of imidazole rings is 3. The molecule has 8 aromatic heterocycles. The largest absolute Gasteiger partial charge is 0.276 e. The van der Waals surface area contributed by atoms with E-state index in [2.05, 4.69) is 111 Å². The fourth-order valence-electron chi connectivity index (χ4n) is 8.96. The predicted octanol–water partition coefficient (Wildman–Crippen LogP) is 11.1. The number of nitrogens with zero attached hydrogens (tertiary/aromatic N) is 11. The smallest absolute Gasteiger partial charge is 0.165 e. The van der Waals surface area contributed by atoms with Crippen molar-refractivity contribution in [3.05, 3.63) is 189 Å². The number of aromatic nitrogens is 11. The third kappa shape index (κ3) is 5.46. The van der Waals surface area contributed by atoms with E-state index in [1.54, 1.807) is 12.4 Å². The maximum absolute atomic E-state index is 5.37. The molecule has 13 rings (SSSR count). The quantitative estimate of drug-likeness (QED) is 0.163. The van der Waals surface area contributed by atoms with Crippen LogP contribution in [-0.4, -0.2) is 53.6 Å². The molecule has 0 saturated carbocycles. The van der Waals surface area contributed by atoms with Crippen molar-refractivity contribution >= 4 is 66.1 Å². The molecular weight excluding hydrogens is 779 g/mol. The first-order valence-electron chi connectivity index (χ1n) is 20.6. The second-order valence-electron chi connectivity index (χ2n) is 15.4. The highest BCUT2D eigenvalue weighted by molar-refractivity contribution is 5.96. The highest BCUT2D eigenvalue weighted by atomic mass is 15.2. The monoisotopic (exact) mass is 809 g/mol. The number of rotatable bonds is 6. The first-order valence-corrected chi connectivity index (χ1v) is 20.6. The molecule has 63 heavy (non-hydrogen) atoms. The van der Waals surface area contributed by atoms with Crippen LogP contribution in [0.25, 0.3) is 117 Å². The summed E-state index contributed by atoms with van der Waals surface area (Å²) in [6.45, 7) is 0. The van der Waals surface area contributed by atoms with Crippen LogP contribution in [0.1, 0.15) is 0 Å². The standard InChI is InChI=1S/C52H31N11/c1-2-17-38-32(11-1)12-3-21-42(38)61-47(58-39-18-8-26-55-50(39)61)35-29-36(48-59-40-19-9-27-56-51(40)62(48)43-22-4-13-33-15-6-24-53-45(33)43)31-37(30-35)49-60-41-20-10-28-57-52(41)63(49)44-23-5-14-34-16-7-25-54-46(34)44/h1-31H. The van der Waals surface area contributed by atoms with Gasteiger partial charge in [0.15, 0.2) is 16.9 Å². The molecule has 8 heterocycles. The molecule has 11 heteroatoms. The molecule has 13 aromatic rings. The van der Waals surface area contributed by atoms with Crippen LogP contribution in [0.4, 0.5) is 0 Å². The second-order valence-corrected chi connectivity index (χ2v) is 15.4. The van der Waals surface area contributed by atoms with Crippen LogP contribution in [0.2, 0.25) is 0 Å². The first-order chi connectivity index (χ1) is 31.2. The summed E-state index contributed by atoms with van der Waals surface area (Å²) >= 11 is 0. The minimum Gasteiger partial charge on any atom is -0.276 e. The number of fused-ring (bicyclic) bond motifs is 6. The number of hydrogen-bond donors (Lipinski definition) is 0. The van der Waals surface area contributed by atoms with Crippen molar-refractivity contribution < 1.29 is 0 Å². The van der Waals surface area contributed by atoms with E-state index < -0.39 is 0 Å². The molecule has 294 valence electrons. The normalized spacial score (nSPS) is 11.8. The van der Waals surface area contributed by atoms with Crippen LogP contribution < -0.4 is 0 Å². The molecule has 11 nitrogen and oxygen atoms in total. The van der Waals surface area contributed by atoms with Gasteiger partial charge in [0.05, 0.1) is 28.1 Å². The molecule has 0 radical (unpaired) electrons. The Bertz CT molecular complexity index is 3520. The van der Waals surface area contributed by atoms with Crippen LogP contribution >= 0.6 is 0 Å². The van der Waals surface area contributed by atoms with E-state index >= 15 is 0 Å². The lowest BCUT2D eigenvalue weighted by atomic mass is 10.0. The predicted molar refractivity (Wildman–Crippen MR) is 248 cm³/mol. The molecule has 5 aromatic carbocycles. The summed E-state index contributed by atoms with van der Waals surface area (Å²) in [5, 5.41) is 4.21. The van der Waals surface area contributed by atoms with Gasteiger partial charge in [-0.25, -0.2) is 29.9 Å². The van der Waals surface area contributed by atoms with Crippen molar-refractivity contribution in [1.29, 1.82) is 0 Å². The van der Waals surface area contributed by atoms with E-state index in [1.807, 2.05) is 79.3 Å². The van der Waals surface area contributed by atoms with Crippen molar-refractivity contribution in [2.75, 3.05) is 0 Å². The molecule has 0 bridgehead atoms. The van der Waals surface area contributed by atoms with Gasteiger partial charge in [-0.3, -0.25) is 23.7 Å². The van der Waals surface area contributed by atoms with Crippen molar-refractivity contribution in [1.82, 2.24) is 53.6 Å². The molecule has 0 amide bonds. The maximum Gasteiger partial charge on any atom is 0.165 e. The molecule has 0 saturated heterocycles. The highest BCUT2D eigenvalue weighted by Crippen LogP contribution is 2.40. The number of benzene rings is 5. The summed E-state index contributed by atoms with van der Waals surface area (Å²) in [5.41, 5.74) is 11.3. The summed E-state index contributed by atoms with van der Waals surface area (Å²) in [4.78, 5) is 40.6. The van der Waals surface area contributed by atoms with Crippen LogP contribution in [0, 0.1) is 0 Å². The van der Waals surface area contributed by atoms with Gasteiger partial charge in [-0.1, -0.05) is 72.8 Å². The Kier molecular flexibility index (Phi) is 7.63. The second kappa shape index (κ2) is 13.8.